The van der Waals surface area contributed by atoms with Crippen molar-refractivity contribution < 1.29 is 14.3 Å². The van der Waals surface area contributed by atoms with Crippen molar-refractivity contribution in [1.29, 1.82) is 0 Å². The molecule has 0 fully saturated rings. The van der Waals surface area contributed by atoms with Crippen molar-refractivity contribution in [2.75, 3.05) is 24.9 Å². The summed E-state index contributed by atoms with van der Waals surface area (Å²) in [5, 5.41) is 6.08. The maximum atomic E-state index is 12.5. The van der Waals surface area contributed by atoms with E-state index in [0.29, 0.717) is 34.5 Å². The van der Waals surface area contributed by atoms with Crippen LogP contribution in [0.2, 0.25) is 0 Å². The fourth-order valence-corrected chi connectivity index (χ4v) is 2.80. The van der Waals surface area contributed by atoms with Crippen LogP contribution in [-0.4, -0.2) is 25.1 Å². The number of nitrogens with one attached hydrogen (secondary N) is 2. The van der Waals surface area contributed by atoms with Crippen molar-refractivity contribution >= 4 is 23.1 Å². The molecule has 1 heterocycles. The van der Waals surface area contributed by atoms with Crippen molar-refractivity contribution in [1.82, 2.24) is 4.98 Å². The zero-order valence-electron chi connectivity index (χ0n) is 17.0. The molecular weight excluding hydrogens is 366 g/mol. The molecule has 0 saturated heterocycles. The van der Waals surface area contributed by atoms with Gasteiger partial charge in [0.1, 0.15) is 17.3 Å². The van der Waals surface area contributed by atoms with Crippen LogP contribution in [0.3, 0.4) is 0 Å². The van der Waals surface area contributed by atoms with Crippen LogP contribution in [0.4, 0.5) is 17.2 Å². The number of nitrogens with zero attached hydrogens (tertiary/aromatic N) is 1. The number of ether oxygens (including phenoxy) is 2. The Hall–Kier alpha value is -3.54. The smallest absolute Gasteiger partial charge is 0.257 e. The molecule has 0 radical (unpaired) electrons. The number of carbonyl (C=O) groups is 1. The third-order valence-electron chi connectivity index (χ3n) is 4.53. The number of carbonyl (C=O) groups excluding carboxylic acids is 1. The summed E-state index contributed by atoms with van der Waals surface area (Å²) in [5.41, 5.74) is 3.24. The first kappa shape index (κ1) is 20.2. The average molecular weight is 391 g/mol. The first-order valence-electron chi connectivity index (χ1n) is 9.36. The van der Waals surface area contributed by atoms with Crippen LogP contribution >= 0.6 is 0 Å². The minimum absolute atomic E-state index is 0.270. The molecule has 0 saturated carbocycles. The minimum atomic E-state index is -0.270. The van der Waals surface area contributed by atoms with E-state index in [1.165, 1.54) is 11.8 Å². The number of anilines is 3. The first-order valence-corrected chi connectivity index (χ1v) is 9.36. The number of aromatic nitrogens is 1. The van der Waals surface area contributed by atoms with E-state index in [9.17, 15) is 4.79 Å². The summed E-state index contributed by atoms with van der Waals surface area (Å²) in [6.07, 6.45) is 1.54. The summed E-state index contributed by atoms with van der Waals surface area (Å²) in [5.74, 6) is 2.06. The lowest BCUT2D eigenvalue weighted by Gasteiger charge is -2.12. The fourth-order valence-electron chi connectivity index (χ4n) is 2.80. The standard InChI is InChI=1S/C23H25N3O3/c1-15(2)16-5-8-18(9-6-16)25-22-12-7-17(14-24-22)23(27)26-20-11-10-19(28-3)13-21(20)29-4/h5-15H,1-4H3,(H,24,25)(H,26,27). The Morgan fingerprint density at radius 1 is 0.966 bits per heavy atom. The van der Waals surface area contributed by atoms with Gasteiger partial charge in [0, 0.05) is 18.0 Å². The number of amides is 1. The van der Waals surface area contributed by atoms with Crippen LogP contribution < -0.4 is 20.1 Å². The van der Waals surface area contributed by atoms with E-state index in [1.54, 1.807) is 44.6 Å². The Labute approximate surface area is 170 Å². The van der Waals surface area contributed by atoms with Crippen LogP contribution in [0.5, 0.6) is 11.5 Å². The summed E-state index contributed by atoms with van der Waals surface area (Å²) < 4.78 is 10.5. The van der Waals surface area contributed by atoms with Crippen LogP contribution in [0.25, 0.3) is 0 Å². The molecule has 0 aliphatic rings. The highest BCUT2D eigenvalue weighted by Crippen LogP contribution is 2.29. The summed E-state index contributed by atoms with van der Waals surface area (Å²) in [6, 6.07) is 16.9. The van der Waals surface area contributed by atoms with Gasteiger partial charge in [-0.1, -0.05) is 26.0 Å². The molecule has 1 amide bonds. The highest BCUT2D eigenvalue weighted by atomic mass is 16.5. The molecule has 150 valence electrons. The Morgan fingerprint density at radius 2 is 1.72 bits per heavy atom. The molecule has 6 nitrogen and oxygen atoms in total. The summed E-state index contributed by atoms with van der Waals surface area (Å²) >= 11 is 0. The molecule has 0 aliphatic carbocycles. The molecule has 0 unspecified atom stereocenters. The van der Waals surface area contributed by atoms with Gasteiger partial charge in [-0.15, -0.1) is 0 Å². The molecule has 2 N–H and O–H groups in total. The second-order valence-electron chi connectivity index (χ2n) is 6.85. The van der Waals surface area contributed by atoms with Crippen LogP contribution in [0, 0.1) is 0 Å². The van der Waals surface area contributed by atoms with Crippen molar-refractivity contribution in [2.45, 2.75) is 19.8 Å². The molecule has 2 aromatic carbocycles. The maximum absolute atomic E-state index is 12.5. The SMILES string of the molecule is COc1ccc(NC(=O)c2ccc(Nc3ccc(C(C)C)cc3)nc2)c(OC)c1. The molecule has 1 aromatic heterocycles. The van der Waals surface area contributed by atoms with Gasteiger partial charge >= 0.3 is 0 Å². The fraction of sp³-hybridized carbons (Fsp3) is 0.217. The minimum Gasteiger partial charge on any atom is -0.497 e. The number of hydrogen-bond acceptors (Lipinski definition) is 5. The van der Waals surface area contributed by atoms with E-state index in [1.807, 2.05) is 12.1 Å². The van der Waals surface area contributed by atoms with E-state index in [-0.39, 0.29) is 5.91 Å². The van der Waals surface area contributed by atoms with Crippen molar-refractivity contribution in [3.8, 4) is 11.5 Å². The molecule has 3 rings (SSSR count). The summed E-state index contributed by atoms with van der Waals surface area (Å²) in [4.78, 5) is 16.9. The predicted octanol–water partition coefficient (Wildman–Crippen LogP) is 5.22. The van der Waals surface area contributed by atoms with Crippen molar-refractivity contribution in [3.05, 3.63) is 71.9 Å². The van der Waals surface area contributed by atoms with Gasteiger partial charge in [-0.25, -0.2) is 4.98 Å². The molecular formula is C23H25N3O3. The van der Waals surface area contributed by atoms with Gasteiger partial charge in [-0.2, -0.15) is 0 Å². The molecule has 0 bridgehead atoms. The number of hydrogen-bond donors (Lipinski definition) is 2. The normalized spacial score (nSPS) is 10.5. The Morgan fingerprint density at radius 3 is 2.31 bits per heavy atom. The molecule has 0 spiro atoms. The Kier molecular flexibility index (Phi) is 6.34. The Balaban J connectivity index is 1.67. The third-order valence-corrected chi connectivity index (χ3v) is 4.53. The molecule has 6 heteroatoms. The monoisotopic (exact) mass is 391 g/mol. The Bertz CT molecular complexity index is 968. The van der Waals surface area contributed by atoms with Crippen molar-refractivity contribution in [3.63, 3.8) is 0 Å². The number of rotatable bonds is 7. The van der Waals surface area contributed by atoms with Gasteiger partial charge in [0.2, 0.25) is 0 Å². The molecule has 0 atom stereocenters. The zero-order chi connectivity index (χ0) is 20.8. The highest BCUT2D eigenvalue weighted by Gasteiger charge is 2.11. The predicted molar refractivity (Wildman–Crippen MR) is 116 cm³/mol. The second kappa shape index (κ2) is 9.10. The topological polar surface area (TPSA) is 72.5 Å². The van der Waals surface area contributed by atoms with E-state index in [4.69, 9.17) is 9.47 Å². The van der Waals surface area contributed by atoms with E-state index >= 15 is 0 Å². The van der Waals surface area contributed by atoms with Gasteiger partial charge in [0.05, 0.1) is 25.5 Å². The van der Waals surface area contributed by atoms with E-state index < -0.39 is 0 Å². The average Bonchev–Trinajstić information content (AvgIpc) is 2.74. The molecule has 3 aromatic rings. The van der Waals surface area contributed by atoms with Gasteiger partial charge < -0.3 is 20.1 Å². The quantitative estimate of drug-likeness (QED) is 0.578. The number of pyridine rings is 1. The van der Waals surface area contributed by atoms with Gasteiger partial charge in [-0.3, -0.25) is 4.79 Å². The zero-order valence-corrected chi connectivity index (χ0v) is 17.0. The first-order chi connectivity index (χ1) is 14.0. The van der Waals surface area contributed by atoms with Gasteiger partial charge in [0.15, 0.2) is 0 Å². The number of methoxy groups -OCH3 is 2. The van der Waals surface area contributed by atoms with Gasteiger partial charge in [-0.05, 0) is 47.9 Å². The van der Waals surface area contributed by atoms with Crippen LogP contribution in [0.1, 0.15) is 35.7 Å². The van der Waals surface area contributed by atoms with E-state index in [2.05, 4.69) is 41.6 Å². The second-order valence-corrected chi connectivity index (χ2v) is 6.85. The largest absolute Gasteiger partial charge is 0.497 e. The molecule has 0 aliphatic heterocycles. The number of benzene rings is 2. The lowest BCUT2D eigenvalue weighted by Crippen LogP contribution is -2.13. The van der Waals surface area contributed by atoms with Crippen LogP contribution in [-0.2, 0) is 0 Å². The maximum Gasteiger partial charge on any atom is 0.257 e. The van der Waals surface area contributed by atoms with E-state index in [0.717, 1.165) is 5.69 Å². The summed E-state index contributed by atoms with van der Waals surface area (Å²) in [6.45, 7) is 4.32. The third kappa shape index (κ3) is 5.04. The van der Waals surface area contributed by atoms with Crippen molar-refractivity contribution in [2.24, 2.45) is 0 Å². The lowest BCUT2D eigenvalue weighted by atomic mass is 10.0. The molecule has 29 heavy (non-hydrogen) atoms. The van der Waals surface area contributed by atoms with Gasteiger partial charge in [0.25, 0.3) is 5.91 Å². The summed E-state index contributed by atoms with van der Waals surface area (Å²) in [7, 11) is 3.12. The lowest BCUT2D eigenvalue weighted by molar-refractivity contribution is 0.102. The highest BCUT2D eigenvalue weighted by molar-refractivity contribution is 6.05. The van der Waals surface area contributed by atoms with Crippen LogP contribution in [0.15, 0.2) is 60.8 Å².